The normalized spacial score (nSPS) is 10.4. The molecule has 1 heterocycles. The maximum absolute atomic E-state index is 5.04. The molecule has 0 aromatic carbocycles. The Morgan fingerprint density at radius 1 is 1.62 bits per heavy atom. The minimum Gasteiger partial charge on any atom is -0.383 e. The van der Waals surface area contributed by atoms with E-state index in [-0.39, 0.29) is 0 Å². The van der Waals surface area contributed by atoms with Gasteiger partial charge in [-0.15, -0.1) is 11.3 Å². The Morgan fingerprint density at radius 2 is 2.38 bits per heavy atom. The highest BCUT2D eigenvalue weighted by Crippen LogP contribution is 2.19. The summed E-state index contributed by atoms with van der Waals surface area (Å²) >= 11 is 1.69. The second-order valence-electron chi connectivity index (χ2n) is 2.84. The van der Waals surface area contributed by atoms with Crippen LogP contribution < -0.4 is 4.90 Å². The van der Waals surface area contributed by atoms with Crippen LogP contribution in [0.4, 0.5) is 5.13 Å². The predicted octanol–water partition coefficient (Wildman–Crippen LogP) is 1.92. The van der Waals surface area contributed by atoms with E-state index >= 15 is 0 Å². The van der Waals surface area contributed by atoms with Gasteiger partial charge >= 0.3 is 0 Å². The minimum absolute atomic E-state index is 0.756. The number of thiazole rings is 1. The maximum Gasteiger partial charge on any atom is 0.185 e. The third-order valence-electron chi connectivity index (χ3n) is 1.82. The first-order valence-corrected chi connectivity index (χ1v) is 5.32. The van der Waals surface area contributed by atoms with Gasteiger partial charge in [0.2, 0.25) is 0 Å². The number of hydrogen-bond acceptors (Lipinski definition) is 4. The van der Waals surface area contributed by atoms with E-state index in [1.165, 1.54) is 0 Å². The molecule has 1 aromatic heterocycles. The van der Waals surface area contributed by atoms with Crippen LogP contribution in [0.3, 0.4) is 0 Å². The zero-order chi connectivity index (χ0) is 9.68. The summed E-state index contributed by atoms with van der Waals surface area (Å²) in [7, 11) is 1.72. The van der Waals surface area contributed by atoms with Crippen LogP contribution in [0.1, 0.15) is 12.6 Å². The van der Waals surface area contributed by atoms with Crippen molar-refractivity contribution in [3.05, 3.63) is 11.1 Å². The van der Waals surface area contributed by atoms with Gasteiger partial charge < -0.3 is 9.64 Å². The molecule has 0 saturated carbocycles. The first-order chi connectivity index (χ1) is 6.27. The molecule has 3 nitrogen and oxygen atoms in total. The van der Waals surface area contributed by atoms with E-state index in [1.54, 1.807) is 18.4 Å². The van der Waals surface area contributed by atoms with E-state index in [4.69, 9.17) is 4.74 Å². The Morgan fingerprint density at radius 3 is 2.85 bits per heavy atom. The molecule has 0 unspecified atom stereocenters. The first kappa shape index (κ1) is 10.5. The number of likely N-dealkylation sites (N-methyl/N-ethyl adjacent to an activating group) is 1. The minimum atomic E-state index is 0.756. The van der Waals surface area contributed by atoms with Gasteiger partial charge in [0, 0.05) is 25.6 Å². The Balaban J connectivity index is 2.56. The first-order valence-electron chi connectivity index (χ1n) is 4.44. The second kappa shape index (κ2) is 5.19. The van der Waals surface area contributed by atoms with Crippen LogP contribution >= 0.6 is 11.3 Å². The Hall–Kier alpha value is -0.610. The summed E-state index contributed by atoms with van der Waals surface area (Å²) in [5.41, 5.74) is 1.09. The molecule has 1 rings (SSSR count). The molecule has 0 fully saturated rings. The summed E-state index contributed by atoms with van der Waals surface area (Å²) < 4.78 is 5.04. The Bertz CT molecular complexity index is 250. The van der Waals surface area contributed by atoms with Crippen LogP contribution in [0.5, 0.6) is 0 Å². The van der Waals surface area contributed by atoms with E-state index < -0.39 is 0 Å². The second-order valence-corrected chi connectivity index (χ2v) is 3.68. The summed E-state index contributed by atoms with van der Waals surface area (Å²) in [5, 5.41) is 3.17. The summed E-state index contributed by atoms with van der Waals surface area (Å²) in [5.74, 6) is 0. The number of hydrogen-bond donors (Lipinski definition) is 0. The fourth-order valence-electron chi connectivity index (χ4n) is 1.08. The number of aromatic nitrogens is 1. The van der Waals surface area contributed by atoms with E-state index in [0.717, 1.165) is 30.5 Å². The summed E-state index contributed by atoms with van der Waals surface area (Å²) in [4.78, 5) is 6.65. The van der Waals surface area contributed by atoms with E-state index in [2.05, 4.69) is 22.2 Å². The highest BCUT2D eigenvalue weighted by atomic mass is 32.1. The van der Waals surface area contributed by atoms with Gasteiger partial charge in [0.05, 0.1) is 12.3 Å². The number of methoxy groups -OCH3 is 1. The van der Waals surface area contributed by atoms with Gasteiger partial charge in [-0.05, 0) is 13.8 Å². The summed E-state index contributed by atoms with van der Waals surface area (Å²) in [6.07, 6.45) is 0. The monoisotopic (exact) mass is 200 g/mol. The molecular weight excluding hydrogens is 184 g/mol. The van der Waals surface area contributed by atoms with Crippen molar-refractivity contribution in [2.75, 3.05) is 31.7 Å². The van der Waals surface area contributed by atoms with Crippen molar-refractivity contribution in [3.8, 4) is 0 Å². The fraction of sp³-hybridized carbons (Fsp3) is 0.667. The average molecular weight is 200 g/mol. The summed E-state index contributed by atoms with van der Waals surface area (Å²) in [6, 6.07) is 0. The predicted molar refractivity (Wildman–Crippen MR) is 56.6 cm³/mol. The van der Waals surface area contributed by atoms with Gasteiger partial charge in [-0.1, -0.05) is 0 Å². The number of ether oxygens (including phenoxy) is 1. The molecule has 0 bridgehead atoms. The SMILES string of the molecule is CCN(CCOC)c1nc(C)cs1. The Labute approximate surface area is 83.4 Å². The van der Waals surface area contributed by atoms with Crippen LogP contribution in [0.25, 0.3) is 0 Å². The van der Waals surface area contributed by atoms with E-state index in [0.29, 0.717) is 0 Å². The van der Waals surface area contributed by atoms with Crippen molar-refractivity contribution >= 4 is 16.5 Å². The molecular formula is C9H16N2OS. The lowest BCUT2D eigenvalue weighted by Gasteiger charge is -2.18. The fourth-order valence-corrected chi connectivity index (χ4v) is 1.97. The van der Waals surface area contributed by atoms with Crippen molar-refractivity contribution in [2.24, 2.45) is 0 Å². The van der Waals surface area contributed by atoms with Crippen LogP contribution in [-0.2, 0) is 4.74 Å². The molecule has 0 aliphatic rings. The van der Waals surface area contributed by atoms with Gasteiger partial charge in [-0.3, -0.25) is 0 Å². The zero-order valence-corrected chi connectivity index (χ0v) is 9.23. The molecule has 13 heavy (non-hydrogen) atoms. The highest BCUT2D eigenvalue weighted by molar-refractivity contribution is 7.13. The molecule has 0 aliphatic carbocycles. The number of nitrogens with zero attached hydrogens (tertiary/aromatic N) is 2. The smallest absolute Gasteiger partial charge is 0.185 e. The standard InChI is InChI=1S/C9H16N2OS/c1-4-11(5-6-12-3)9-10-8(2)7-13-9/h7H,4-6H2,1-3H3. The zero-order valence-electron chi connectivity index (χ0n) is 8.41. The van der Waals surface area contributed by atoms with Gasteiger partial charge in [0.1, 0.15) is 0 Å². The molecule has 74 valence electrons. The van der Waals surface area contributed by atoms with Crippen LogP contribution in [-0.4, -0.2) is 31.8 Å². The van der Waals surface area contributed by atoms with E-state index in [1.807, 2.05) is 6.92 Å². The highest BCUT2D eigenvalue weighted by Gasteiger charge is 2.06. The quantitative estimate of drug-likeness (QED) is 0.726. The largest absolute Gasteiger partial charge is 0.383 e. The Kier molecular flexibility index (Phi) is 4.18. The molecule has 0 radical (unpaired) electrons. The van der Waals surface area contributed by atoms with Crippen molar-refractivity contribution in [1.82, 2.24) is 4.98 Å². The van der Waals surface area contributed by atoms with Crippen LogP contribution in [0, 0.1) is 6.92 Å². The number of rotatable bonds is 5. The molecule has 0 atom stereocenters. The molecule has 1 aromatic rings. The third kappa shape index (κ3) is 2.97. The third-order valence-corrected chi connectivity index (χ3v) is 2.84. The maximum atomic E-state index is 5.04. The van der Waals surface area contributed by atoms with Crippen LogP contribution in [0.15, 0.2) is 5.38 Å². The number of aryl methyl sites for hydroxylation is 1. The molecule has 0 spiro atoms. The molecule has 4 heteroatoms. The molecule has 0 amide bonds. The van der Waals surface area contributed by atoms with Crippen molar-refractivity contribution < 1.29 is 4.74 Å². The van der Waals surface area contributed by atoms with Crippen molar-refractivity contribution in [2.45, 2.75) is 13.8 Å². The van der Waals surface area contributed by atoms with E-state index in [9.17, 15) is 0 Å². The number of anilines is 1. The van der Waals surface area contributed by atoms with Crippen molar-refractivity contribution in [1.29, 1.82) is 0 Å². The molecule has 0 saturated heterocycles. The lowest BCUT2D eigenvalue weighted by molar-refractivity contribution is 0.205. The van der Waals surface area contributed by atoms with Gasteiger partial charge in [-0.25, -0.2) is 4.98 Å². The molecule has 0 aliphatic heterocycles. The van der Waals surface area contributed by atoms with Gasteiger partial charge in [0.15, 0.2) is 5.13 Å². The lowest BCUT2D eigenvalue weighted by Crippen LogP contribution is -2.26. The molecule has 0 N–H and O–H groups in total. The van der Waals surface area contributed by atoms with Gasteiger partial charge in [-0.2, -0.15) is 0 Å². The lowest BCUT2D eigenvalue weighted by atomic mass is 10.5. The van der Waals surface area contributed by atoms with Crippen LogP contribution in [0.2, 0.25) is 0 Å². The topological polar surface area (TPSA) is 25.4 Å². The average Bonchev–Trinajstić information content (AvgIpc) is 2.54. The van der Waals surface area contributed by atoms with Gasteiger partial charge in [0.25, 0.3) is 0 Å². The summed E-state index contributed by atoms with van der Waals surface area (Å²) in [6.45, 7) is 6.80. The van der Waals surface area contributed by atoms with Crippen molar-refractivity contribution in [3.63, 3.8) is 0 Å².